The van der Waals surface area contributed by atoms with Crippen LogP contribution in [0.25, 0.3) is 0 Å². The van der Waals surface area contributed by atoms with E-state index in [0.29, 0.717) is 25.6 Å². The van der Waals surface area contributed by atoms with Crippen molar-refractivity contribution < 1.29 is 24.2 Å². The second kappa shape index (κ2) is 8.19. The lowest BCUT2D eigenvalue weighted by Crippen LogP contribution is -2.47. The highest BCUT2D eigenvalue weighted by Crippen LogP contribution is 2.15. The second-order valence-electron chi connectivity index (χ2n) is 5.62. The molecule has 2 heterocycles. The number of carboxylic acid groups (broad SMARTS) is 1. The van der Waals surface area contributed by atoms with Crippen LogP contribution in [-0.4, -0.2) is 67.6 Å². The summed E-state index contributed by atoms with van der Waals surface area (Å²) in [5.41, 5.74) is 0. The van der Waals surface area contributed by atoms with Crippen LogP contribution in [0, 0.1) is 5.92 Å². The van der Waals surface area contributed by atoms with Crippen molar-refractivity contribution in [1.29, 1.82) is 0 Å². The summed E-state index contributed by atoms with van der Waals surface area (Å²) in [7, 11) is 0. The largest absolute Gasteiger partial charge is 0.481 e. The Bertz CT molecular complexity index is 349. The number of nitrogens with zero attached hydrogens (tertiary/aromatic N) is 1. The summed E-state index contributed by atoms with van der Waals surface area (Å²) in [6, 6.07) is -0.0223. The molecule has 2 rings (SSSR count). The molecule has 2 amide bonds. The summed E-state index contributed by atoms with van der Waals surface area (Å²) < 4.78 is 10.8. The Balaban J connectivity index is 1.59. The van der Waals surface area contributed by atoms with Gasteiger partial charge in [0.2, 0.25) is 0 Å². The first-order valence-electron chi connectivity index (χ1n) is 7.59. The Hall–Kier alpha value is -1.34. The van der Waals surface area contributed by atoms with Gasteiger partial charge in [0.1, 0.15) is 0 Å². The van der Waals surface area contributed by atoms with E-state index in [4.69, 9.17) is 14.6 Å². The number of aliphatic carboxylic acids is 1. The van der Waals surface area contributed by atoms with Gasteiger partial charge in [-0.05, 0) is 19.3 Å². The Morgan fingerprint density at radius 3 is 2.67 bits per heavy atom. The molecule has 0 aromatic rings. The van der Waals surface area contributed by atoms with Crippen LogP contribution in [0.3, 0.4) is 0 Å². The van der Waals surface area contributed by atoms with E-state index in [9.17, 15) is 9.59 Å². The van der Waals surface area contributed by atoms with Crippen LogP contribution in [0.4, 0.5) is 4.79 Å². The van der Waals surface area contributed by atoms with Gasteiger partial charge in [0.15, 0.2) is 0 Å². The van der Waals surface area contributed by atoms with E-state index < -0.39 is 5.97 Å². The van der Waals surface area contributed by atoms with Gasteiger partial charge in [-0.2, -0.15) is 0 Å². The van der Waals surface area contributed by atoms with E-state index in [2.05, 4.69) is 5.32 Å². The van der Waals surface area contributed by atoms with E-state index in [1.165, 1.54) is 0 Å². The van der Waals surface area contributed by atoms with Gasteiger partial charge in [0.05, 0.1) is 25.7 Å². The van der Waals surface area contributed by atoms with Crippen LogP contribution in [-0.2, 0) is 14.3 Å². The van der Waals surface area contributed by atoms with E-state index in [1.54, 1.807) is 4.90 Å². The zero-order valence-corrected chi connectivity index (χ0v) is 12.3. The summed E-state index contributed by atoms with van der Waals surface area (Å²) in [5.74, 6) is -0.409. The number of nitrogens with one attached hydrogen (secondary N) is 1. The van der Waals surface area contributed by atoms with Crippen molar-refractivity contribution in [1.82, 2.24) is 10.2 Å². The molecule has 21 heavy (non-hydrogen) atoms. The predicted molar refractivity (Wildman–Crippen MR) is 75.1 cm³/mol. The number of rotatable bonds is 6. The molecular formula is C14H24N2O5. The lowest BCUT2D eigenvalue weighted by Gasteiger charge is -2.32. The van der Waals surface area contributed by atoms with Crippen molar-refractivity contribution in [2.75, 3.05) is 39.5 Å². The first-order valence-corrected chi connectivity index (χ1v) is 7.59. The summed E-state index contributed by atoms with van der Waals surface area (Å²) in [6.07, 6.45) is 2.64. The molecule has 2 fully saturated rings. The van der Waals surface area contributed by atoms with Crippen molar-refractivity contribution in [2.45, 2.75) is 31.8 Å². The SMILES string of the molecule is O=C(O)CCOC1CCN(C(=O)NCC2CCOC2)CC1. The molecule has 2 aliphatic heterocycles. The van der Waals surface area contributed by atoms with Crippen LogP contribution in [0.5, 0.6) is 0 Å². The molecule has 0 aromatic heterocycles. The topological polar surface area (TPSA) is 88.1 Å². The molecule has 2 aliphatic rings. The van der Waals surface area contributed by atoms with E-state index >= 15 is 0 Å². The second-order valence-corrected chi connectivity index (χ2v) is 5.62. The third-order valence-electron chi connectivity index (χ3n) is 3.96. The average Bonchev–Trinajstić information content (AvgIpc) is 2.98. The van der Waals surface area contributed by atoms with Crippen molar-refractivity contribution >= 4 is 12.0 Å². The molecule has 1 atom stereocenters. The number of carboxylic acids is 1. The van der Waals surface area contributed by atoms with Gasteiger partial charge in [0.25, 0.3) is 0 Å². The number of amides is 2. The quantitative estimate of drug-likeness (QED) is 0.753. The highest BCUT2D eigenvalue weighted by molar-refractivity contribution is 5.74. The zero-order valence-electron chi connectivity index (χ0n) is 12.3. The molecule has 7 heteroatoms. The minimum absolute atomic E-state index is 0.0223. The summed E-state index contributed by atoms with van der Waals surface area (Å²) >= 11 is 0. The van der Waals surface area contributed by atoms with Crippen LogP contribution >= 0.6 is 0 Å². The molecule has 2 N–H and O–H groups in total. The van der Waals surface area contributed by atoms with Gasteiger partial charge in [-0.15, -0.1) is 0 Å². The third kappa shape index (κ3) is 5.51. The normalized spacial score (nSPS) is 23.2. The number of ether oxygens (including phenoxy) is 2. The fourth-order valence-corrected chi connectivity index (χ4v) is 2.63. The highest BCUT2D eigenvalue weighted by atomic mass is 16.5. The smallest absolute Gasteiger partial charge is 0.317 e. The van der Waals surface area contributed by atoms with Gasteiger partial charge in [-0.3, -0.25) is 4.79 Å². The molecule has 0 spiro atoms. The number of carbonyl (C=O) groups is 2. The molecule has 0 aliphatic carbocycles. The first kappa shape index (κ1) is 16.0. The molecule has 1 unspecified atom stereocenters. The molecule has 0 saturated carbocycles. The van der Waals surface area contributed by atoms with Crippen molar-refractivity contribution in [2.24, 2.45) is 5.92 Å². The molecule has 7 nitrogen and oxygen atoms in total. The Morgan fingerprint density at radius 1 is 1.29 bits per heavy atom. The minimum atomic E-state index is -0.845. The molecule has 120 valence electrons. The first-order chi connectivity index (χ1) is 10.1. The molecule has 2 saturated heterocycles. The van der Waals surface area contributed by atoms with E-state index in [-0.39, 0.29) is 25.2 Å². The molecule has 0 aromatic carbocycles. The van der Waals surface area contributed by atoms with Crippen molar-refractivity contribution in [3.8, 4) is 0 Å². The number of piperidine rings is 1. The van der Waals surface area contributed by atoms with Crippen LogP contribution in [0.15, 0.2) is 0 Å². The summed E-state index contributed by atoms with van der Waals surface area (Å²) in [4.78, 5) is 24.2. The minimum Gasteiger partial charge on any atom is -0.481 e. The summed E-state index contributed by atoms with van der Waals surface area (Å²) in [6.45, 7) is 3.76. The maximum absolute atomic E-state index is 12.0. The average molecular weight is 300 g/mol. The van der Waals surface area contributed by atoms with Gasteiger partial charge in [-0.25, -0.2) is 4.79 Å². The highest BCUT2D eigenvalue weighted by Gasteiger charge is 2.24. The summed E-state index contributed by atoms with van der Waals surface area (Å²) in [5, 5.41) is 11.5. The third-order valence-corrected chi connectivity index (χ3v) is 3.96. The molecule has 0 bridgehead atoms. The van der Waals surface area contributed by atoms with Crippen LogP contribution in [0.2, 0.25) is 0 Å². The lowest BCUT2D eigenvalue weighted by molar-refractivity contribution is -0.138. The Morgan fingerprint density at radius 2 is 2.05 bits per heavy atom. The molecular weight excluding hydrogens is 276 g/mol. The number of urea groups is 1. The van der Waals surface area contributed by atoms with Gasteiger partial charge in [0, 0.05) is 32.2 Å². The maximum Gasteiger partial charge on any atom is 0.317 e. The number of carbonyl (C=O) groups excluding carboxylic acids is 1. The van der Waals surface area contributed by atoms with Gasteiger partial charge < -0.3 is 24.8 Å². The Labute approximate surface area is 124 Å². The predicted octanol–water partition coefficient (Wildman–Crippen LogP) is 0.688. The monoisotopic (exact) mass is 300 g/mol. The van der Waals surface area contributed by atoms with Gasteiger partial charge in [-0.1, -0.05) is 0 Å². The lowest BCUT2D eigenvalue weighted by atomic mass is 10.1. The van der Waals surface area contributed by atoms with Crippen LogP contribution < -0.4 is 5.32 Å². The van der Waals surface area contributed by atoms with E-state index in [0.717, 1.165) is 32.5 Å². The number of hydrogen-bond acceptors (Lipinski definition) is 4. The number of hydrogen-bond donors (Lipinski definition) is 2. The van der Waals surface area contributed by atoms with Gasteiger partial charge >= 0.3 is 12.0 Å². The fraction of sp³-hybridized carbons (Fsp3) is 0.857. The maximum atomic E-state index is 12.0. The number of likely N-dealkylation sites (tertiary alicyclic amines) is 1. The van der Waals surface area contributed by atoms with E-state index in [1.807, 2.05) is 0 Å². The Kier molecular flexibility index (Phi) is 6.25. The molecule has 0 radical (unpaired) electrons. The van der Waals surface area contributed by atoms with Crippen molar-refractivity contribution in [3.63, 3.8) is 0 Å². The fourth-order valence-electron chi connectivity index (χ4n) is 2.63. The standard InChI is InChI=1S/C14H24N2O5/c17-13(18)4-8-21-12-1-5-16(6-2-12)14(19)15-9-11-3-7-20-10-11/h11-12H,1-10H2,(H,15,19)(H,17,18). The van der Waals surface area contributed by atoms with Crippen molar-refractivity contribution in [3.05, 3.63) is 0 Å². The van der Waals surface area contributed by atoms with Crippen LogP contribution in [0.1, 0.15) is 25.7 Å². The zero-order chi connectivity index (χ0) is 15.1.